The summed E-state index contributed by atoms with van der Waals surface area (Å²) in [4.78, 5) is 0. The van der Waals surface area contributed by atoms with Crippen molar-refractivity contribution in [1.82, 2.24) is 0 Å². The first-order valence-corrected chi connectivity index (χ1v) is 7.58. The minimum absolute atomic E-state index is 0.619. The van der Waals surface area contributed by atoms with Crippen LogP contribution in [0.5, 0.6) is 0 Å². The van der Waals surface area contributed by atoms with Gasteiger partial charge in [0.1, 0.15) is 0 Å². The van der Waals surface area contributed by atoms with Crippen molar-refractivity contribution in [3.05, 3.63) is 0 Å². The molecule has 1 heteroatoms. The maximum atomic E-state index is 5.99. The second-order valence-electron chi connectivity index (χ2n) is 5.72. The molecule has 0 aromatic heterocycles. The van der Waals surface area contributed by atoms with Gasteiger partial charge in [-0.15, -0.1) is 0 Å². The van der Waals surface area contributed by atoms with Crippen LogP contribution in [0.15, 0.2) is 0 Å². The molecule has 0 amide bonds. The number of rotatable bonds is 1. The molecule has 1 aliphatic carbocycles. The molecule has 94 valence electrons. The normalized spacial score (nSPS) is 31.1. The molecule has 16 heavy (non-hydrogen) atoms. The van der Waals surface area contributed by atoms with Crippen LogP contribution in [0.2, 0.25) is 0 Å². The summed E-state index contributed by atoms with van der Waals surface area (Å²) in [5.74, 6) is 0.887. The third-order valence-corrected chi connectivity index (χ3v) is 4.39. The van der Waals surface area contributed by atoms with E-state index in [9.17, 15) is 0 Å². The van der Waals surface area contributed by atoms with E-state index >= 15 is 0 Å². The molecule has 2 rings (SSSR count). The lowest BCUT2D eigenvalue weighted by molar-refractivity contribution is -0.0268. The third kappa shape index (κ3) is 4.08. The monoisotopic (exact) mass is 224 g/mol. The highest BCUT2D eigenvalue weighted by Gasteiger charge is 2.23. The van der Waals surface area contributed by atoms with Gasteiger partial charge in [0.15, 0.2) is 0 Å². The van der Waals surface area contributed by atoms with E-state index in [2.05, 4.69) is 0 Å². The van der Waals surface area contributed by atoms with E-state index in [0.29, 0.717) is 6.10 Å². The Morgan fingerprint density at radius 3 is 1.69 bits per heavy atom. The van der Waals surface area contributed by atoms with Crippen molar-refractivity contribution in [3.8, 4) is 0 Å². The molecule has 1 nitrogen and oxygen atoms in total. The first-order chi connectivity index (χ1) is 7.97. The lowest BCUT2D eigenvalue weighted by Gasteiger charge is -2.31. The predicted molar refractivity (Wildman–Crippen MR) is 68.6 cm³/mol. The van der Waals surface area contributed by atoms with Crippen LogP contribution >= 0.6 is 0 Å². The topological polar surface area (TPSA) is 9.23 Å². The maximum Gasteiger partial charge on any atom is 0.0603 e. The van der Waals surface area contributed by atoms with E-state index in [-0.39, 0.29) is 0 Å². The smallest absolute Gasteiger partial charge is 0.0603 e. The summed E-state index contributed by atoms with van der Waals surface area (Å²) in [6, 6.07) is 0. The summed E-state index contributed by atoms with van der Waals surface area (Å²) in [7, 11) is 0. The molecular formula is C15H28O. The predicted octanol–water partition coefficient (Wildman–Crippen LogP) is 4.70. The van der Waals surface area contributed by atoms with Gasteiger partial charge in [-0.1, -0.05) is 44.9 Å². The minimum atomic E-state index is 0.619. The number of hydrogen-bond acceptors (Lipinski definition) is 1. The largest absolute Gasteiger partial charge is 0.378 e. The molecule has 1 unspecified atom stereocenters. The Morgan fingerprint density at radius 1 is 0.562 bits per heavy atom. The van der Waals surface area contributed by atoms with E-state index in [1.165, 1.54) is 77.0 Å². The lowest BCUT2D eigenvalue weighted by atomic mass is 9.85. The SMILES string of the molecule is C1CCCCC(C2CCCCO2)CCCC1. The first-order valence-electron chi connectivity index (χ1n) is 7.58. The molecule has 1 saturated carbocycles. The van der Waals surface area contributed by atoms with Crippen molar-refractivity contribution in [2.45, 2.75) is 83.2 Å². The van der Waals surface area contributed by atoms with Crippen molar-refractivity contribution in [1.29, 1.82) is 0 Å². The van der Waals surface area contributed by atoms with Gasteiger partial charge in [0, 0.05) is 6.61 Å². The van der Waals surface area contributed by atoms with Crippen LogP contribution in [-0.2, 0) is 4.74 Å². The van der Waals surface area contributed by atoms with E-state index in [1.54, 1.807) is 0 Å². The van der Waals surface area contributed by atoms with Crippen molar-refractivity contribution in [3.63, 3.8) is 0 Å². The van der Waals surface area contributed by atoms with Crippen LogP contribution in [0.3, 0.4) is 0 Å². The highest BCUT2D eigenvalue weighted by Crippen LogP contribution is 2.29. The summed E-state index contributed by atoms with van der Waals surface area (Å²) in [6.45, 7) is 1.03. The fourth-order valence-electron chi connectivity index (χ4n) is 3.35. The van der Waals surface area contributed by atoms with Gasteiger partial charge in [-0.25, -0.2) is 0 Å². The van der Waals surface area contributed by atoms with Crippen LogP contribution in [0.1, 0.15) is 77.0 Å². The molecule has 2 fully saturated rings. The van der Waals surface area contributed by atoms with Gasteiger partial charge in [0.2, 0.25) is 0 Å². The van der Waals surface area contributed by atoms with Crippen LogP contribution in [0.25, 0.3) is 0 Å². The van der Waals surface area contributed by atoms with Gasteiger partial charge in [-0.05, 0) is 38.0 Å². The van der Waals surface area contributed by atoms with Crippen LogP contribution in [0.4, 0.5) is 0 Å². The van der Waals surface area contributed by atoms with E-state index < -0.39 is 0 Å². The van der Waals surface area contributed by atoms with Crippen LogP contribution < -0.4 is 0 Å². The molecule has 2 aliphatic rings. The molecule has 0 N–H and O–H groups in total. The number of hydrogen-bond donors (Lipinski definition) is 0. The van der Waals surface area contributed by atoms with E-state index in [1.807, 2.05) is 0 Å². The maximum absolute atomic E-state index is 5.99. The molecule has 0 aromatic carbocycles. The molecular weight excluding hydrogens is 196 g/mol. The molecule has 0 radical (unpaired) electrons. The van der Waals surface area contributed by atoms with Gasteiger partial charge < -0.3 is 4.74 Å². The van der Waals surface area contributed by atoms with Crippen LogP contribution in [0, 0.1) is 5.92 Å². The van der Waals surface area contributed by atoms with Crippen LogP contribution in [-0.4, -0.2) is 12.7 Å². The first kappa shape index (κ1) is 12.4. The molecule has 1 aliphatic heterocycles. The van der Waals surface area contributed by atoms with Crippen molar-refractivity contribution in [2.24, 2.45) is 5.92 Å². The van der Waals surface area contributed by atoms with Crippen molar-refractivity contribution in [2.75, 3.05) is 6.61 Å². The second-order valence-corrected chi connectivity index (χ2v) is 5.72. The Balaban J connectivity index is 1.78. The molecule has 0 spiro atoms. The summed E-state index contributed by atoms with van der Waals surface area (Å²) in [6.07, 6.45) is 17.8. The van der Waals surface area contributed by atoms with Gasteiger partial charge >= 0.3 is 0 Å². The third-order valence-electron chi connectivity index (χ3n) is 4.39. The van der Waals surface area contributed by atoms with Crippen molar-refractivity contribution < 1.29 is 4.74 Å². The summed E-state index contributed by atoms with van der Waals surface area (Å²) in [5, 5.41) is 0. The number of ether oxygens (including phenoxy) is 1. The zero-order valence-electron chi connectivity index (χ0n) is 10.8. The zero-order chi connectivity index (χ0) is 11.1. The fourth-order valence-corrected chi connectivity index (χ4v) is 3.35. The Hall–Kier alpha value is -0.0400. The zero-order valence-corrected chi connectivity index (χ0v) is 10.8. The summed E-state index contributed by atoms with van der Waals surface area (Å²) in [5.41, 5.74) is 0. The van der Waals surface area contributed by atoms with E-state index in [0.717, 1.165) is 12.5 Å². The van der Waals surface area contributed by atoms with Gasteiger partial charge in [-0.2, -0.15) is 0 Å². The van der Waals surface area contributed by atoms with Gasteiger partial charge in [0.05, 0.1) is 6.10 Å². The van der Waals surface area contributed by atoms with Gasteiger partial charge in [-0.3, -0.25) is 0 Å². The summed E-state index contributed by atoms with van der Waals surface area (Å²) >= 11 is 0. The molecule has 1 saturated heterocycles. The summed E-state index contributed by atoms with van der Waals surface area (Å²) < 4.78 is 5.99. The Bertz CT molecular complexity index is 162. The molecule has 0 bridgehead atoms. The molecule has 1 atom stereocenters. The lowest BCUT2D eigenvalue weighted by Crippen LogP contribution is -2.28. The Kier molecular flexibility index (Phi) is 5.68. The van der Waals surface area contributed by atoms with E-state index in [4.69, 9.17) is 4.74 Å². The van der Waals surface area contributed by atoms with Crippen molar-refractivity contribution >= 4 is 0 Å². The highest BCUT2D eigenvalue weighted by molar-refractivity contribution is 4.74. The molecule has 1 heterocycles. The Morgan fingerprint density at radius 2 is 1.12 bits per heavy atom. The Labute approximate surface area is 101 Å². The standard InChI is InChI=1S/C15H28O/c1-2-4-6-10-14(11-7-5-3-1)15-12-8-9-13-16-15/h14-15H,1-13H2. The second kappa shape index (κ2) is 7.32. The van der Waals surface area contributed by atoms with Gasteiger partial charge in [0.25, 0.3) is 0 Å². The average Bonchev–Trinajstić information content (AvgIpc) is 2.37. The average molecular weight is 224 g/mol. The highest BCUT2D eigenvalue weighted by atomic mass is 16.5. The fraction of sp³-hybridized carbons (Fsp3) is 1.00. The quantitative estimate of drug-likeness (QED) is 0.627. The minimum Gasteiger partial charge on any atom is -0.378 e. The molecule has 0 aromatic rings.